The maximum Gasteiger partial charge on any atom is 0.285 e. The third-order valence-corrected chi connectivity index (χ3v) is 7.57. The average Bonchev–Trinajstić information content (AvgIpc) is 3.30. The Morgan fingerprint density at radius 1 is 1.21 bits per heavy atom. The van der Waals surface area contributed by atoms with E-state index in [4.69, 9.17) is 11.6 Å². The summed E-state index contributed by atoms with van der Waals surface area (Å²) >= 11 is 7.42. The number of nitrogens with zero attached hydrogens (tertiary/aromatic N) is 2. The molecular weight excluding hydrogens is 430 g/mol. The van der Waals surface area contributed by atoms with Crippen LogP contribution in [0.2, 0.25) is 5.02 Å². The summed E-state index contributed by atoms with van der Waals surface area (Å²) in [6.45, 7) is 3.06. The van der Waals surface area contributed by atoms with Gasteiger partial charge in [-0.3, -0.25) is 4.79 Å². The van der Waals surface area contributed by atoms with Gasteiger partial charge in [0.2, 0.25) is 0 Å². The molecule has 1 amide bonds. The van der Waals surface area contributed by atoms with Gasteiger partial charge in [0.1, 0.15) is 10.7 Å². The van der Waals surface area contributed by atoms with Crippen LogP contribution in [0.3, 0.4) is 0 Å². The predicted octanol–water partition coefficient (Wildman–Crippen LogP) is 3.77. The number of hydrogen-bond donors (Lipinski definition) is 1. The van der Waals surface area contributed by atoms with Crippen LogP contribution < -0.4 is 5.32 Å². The third kappa shape index (κ3) is 4.10. The number of nitrogens with one attached hydrogen (secondary N) is 1. The molecule has 0 spiro atoms. The zero-order chi connectivity index (χ0) is 20.6. The van der Waals surface area contributed by atoms with Gasteiger partial charge in [0.15, 0.2) is 0 Å². The highest BCUT2D eigenvalue weighted by atomic mass is 35.5. The first-order valence-corrected chi connectivity index (χ1v) is 12.0. The Hall–Kier alpha value is -2.16. The van der Waals surface area contributed by atoms with Crippen LogP contribution in [0, 0.1) is 0 Å². The highest BCUT2D eigenvalue weighted by Gasteiger charge is 2.35. The Labute approximate surface area is 179 Å². The summed E-state index contributed by atoms with van der Waals surface area (Å²) < 4.78 is 29.4. The lowest BCUT2D eigenvalue weighted by Crippen LogP contribution is -2.46. The Kier molecular flexibility index (Phi) is 5.50. The molecule has 0 bridgehead atoms. The van der Waals surface area contributed by atoms with Gasteiger partial charge in [0.05, 0.1) is 0 Å². The first kappa shape index (κ1) is 20.1. The smallest absolute Gasteiger partial charge is 0.285 e. The minimum atomic E-state index is -3.75. The number of carbonyl (C=O) groups excluding carboxylic acids is 1. The van der Waals surface area contributed by atoms with Crippen molar-refractivity contribution in [2.24, 2.45) is 4.40 Å². The van der Waals surface area contributed by atoms with Gasteiger partial charge in [-0.1, -0.05) is 23.7 Å². The molecule has 0 radical (unpaired) electrons. The number of benzene rings is 1. The molecule has 29 heavy (non-hydrogen) atoms. The molecule has 152 valence electrons. The molecule has 0 atom stereocenters. The standard InChI is InChI=1S/C20H20ClN3O3S2/c1-13-18(14-2-4-16(21)5-3-14)29(26,27)23-19(13)24-9-6-17(7-10-24)22-20(25)15-8-11-28-12-15/h2-5,8,11-12,17H,6-7,9-10H2,1H3,(H,22,25). The number of hydrogen-bond acceptors (Lipinski definition) is 5. The van der Waals surface area contributed by atoms with Crippen molar-refractivity contribution in [3.05, 3.63) is 62.8 Å². The van der Waals surface area contributed by atoms with E-state index in [2.05, 4.69) is 9.71 Å². The van der Waals surface area contributed by atoms with Gasteiger partial charge in [-0.2, -0.15) is 19.8 Å². The first-order chi connectivity index (χ1) is 13.8. The van der Waals surface area contributed by atoms with E-state index in [1.807, 2.05) is 15.7 Å². The molecule has 0 aliphatic carbocycles. The average molecular weight is 450 g/mol. The number of halogens is 1. The lowest BCUT2D eigenvalue weighted by atomic mass is 10.0. The first-order valence-electron chi connectivity index (χ1n) is 9.25. The monoisotopic (exact) mass is 449 g/mol. The van der Waals surface area contributed by atoms with Crippen LogP contribution in [-0.2, 0) is 10.0 Å². The van der Waals surface area contributed by atoms with Crippen LogP contribution in [0.15, 0.2) is 51.1 Å². The molecule has 1 aromatic carbocycles. The number of amides is 1. The highest BCUT2D eigenvalue weighted by molar-refractivity contribution is 8.00. The second-order valence-electron chi connectivity index (χ2n) is 7.10. The van der Waals surface area contributed by atoms with Crippen LogP contribution >= 0.6 is 22.9 Å². The normalized spacial score (nSPS) is 19.4. The second-order valence-corrected chi connectivity index (χ2v) is 9.86. The molecule has 3 heterocycles. The van der Waals surface area contributed by atoms with E-state index in [9.17, 15) is 13.2 Å². The van der Waals surface area contributed by atoms with Gasteiger partial charge in [0.25, 0.3) is 15.9 Å². The largest absolute Gasteiger partial charge is 0.356 e. The number of amidine groups is 1. The number of sulfonamides is 1. The molecule has 1 fully saturated rings. The summed E-state index contributed by atoms with van der Waals surface area (Å²) in [4.78, 5) is 14.5. The van der Waals surface area contributed by atoms with Gasteiger partial charge < -0.3 is 10.2 Å². The topological polar surface area (TPSA) is 78.8 Å². The van der Waals surface area contributed by atoms with Gasteiger partial charge in [-0.05, 0) is 48.9 Å². The maximum absolute atomic E-state index is 12.7. The summed E-state index contributed by atoms with van der Waals surface area (Å²) in [5, 5.41) is 7.32. The van der Waals surface area contributed by atoms with Gasteiger partial charge in [-0.15, -0.1) is 4.40 Å². The molecule has 6 nitrogen and oxygen atoms in total. The third-order valence-electron chi connectivity index (χ3n) is 5.16. The molecule has 2 aromatic rings. The summed E-state index contributed by atoms with van der Waals surface area (Å²) in [7, 11) is -3.75. The lowest BCUT2D eigenvalue weighted by molar-refractivity contribution is 0.0923. The summed E-state index contributed by atoms with van der Waals surface area (Å²) in [5.41, 5.74) is 1.91. The van der Waals surface area contributed by atoms with E-state index in [0.29, 0.717) is 40.6 Å². The summed E-state index contributed by atoms with van der Waals surface area (Å²) in [5.74, 6) is 0.434. The molecular formula is C20H20ClN3O3S2. The van der Waals surface area contributed by atoms with E-state index in [1.54, 1.807) is 37.3 Å². The van der Waals surface area contributed by atoms with E-state index in [0.717, 1.165) is 12.8 Å². The predicted molar refractivity (Wildman–Crippen MR) is 117 cm³/mol. The van der Waals surface area contributed by atoms with E-state index >= 15 is 0 Å². The number of rotatable bonds is 3. The minimum Gasteiger partial charge on any atom is -0.356 e. The second kappa shape index (κ2) is 7.93. The zero-order valence-corrected chi connectivity index (χ0v) is 18.1. The molecule has 9 heteroatoms. The van der Waals surface area contributed by atoms with Crippen LogP contribution in [0.4, 0.5) is 0 Å². The fourth-order valence-electron chi connectivity index (χ4n) is 3.68. The van der Waals surface area contributed by atoms with E-state index < -0.39 is 10.0 Å². The van der Waals surface area contributed by atoms with Gasteiger partial charge >= 0.3 is 0 Å². The van der Waals surface area contributed by atoms with E-state index in [-0.39, 0.29) is 16.9 Å². The SMILES string of the molecule is CC1=C(c2ccc(Cl)cc2)S(=O)(=O)N=C1N1CCC(NC(=O)c2ccsc2)CC1. The number of carbonyl (C=O) groups is 1. The Bertz CT molecular complexity index is 1080. The quantitative estimate of drug-likeness (QED) is 0.773. The van der Waals surface area contributed by atoms with Crippen molar-refractivity contribution in [3.63, 3.8) is 0 Å². The van der Waals surface area contributed by atoms with Crippen molar-refractivity contribution < 1.29 is 13.2 Å². The van der Waals surface area contributed by atoms with Crippen LogP contribution in [0.25, 0.3) is 4.91 Å². The van der Waals surface area contributed by atoms with Crippen molar-refractivity contribution in [1.82, 2.24) is 10.2 Å². The van der Waals surface area contributed by atoms with Crippen LogP contribution in [-0.4, -0.2) is 44.2 Å². The number of piperidine rings is 1. The summed E-state index contributed by atoms with van der Waals surface area (Å²) in [6.07, 6.45) is 1.47. The Balaban J connectivity index is 1.47. The lowest BCUT2D eigenvalue weighted by Gasteiger charge is -2.33. The van der Waals surface area contributed by atoms with Crippen molar-refractivity contribution >= 4 is 49.6 Å². The van der Waals surface area contributed by atoms with Crippen molar-refractivity contribution in [2.75, 3.05) is 13.1 Å². The zero-order valence-electron chi connectivity index (χ0n) is 15.8. The molecule has 1 aromatic heterocycles. The van der Waals surface area contributed by atoms with Gasteiger partial charge in [-0.25, -0.2) is 0 Å². The van der Waals surface area contributed by atoms with Crippen LogP contribution in [0.5, 0.6) is 0 Å². The minimum absolute atomic E-state index is 0.0633. The molecule has 2 aliphatic rings. The fraction of sp³-hybridized carbons (Fsp3) is 0.300. The summed E-state index contributed by atoms with van der Waals surface area (Å²) in [6, 6.07) is 8.61. The Morgan fingerprint density at radius 2 is 1.90 bits per heavy atom. The van der Waals surface area contributed by atoms with Crippen molar-refractivity contribution in [3.8, 4) is 0 Å². The maximum atomic E-state index is 12.7. The Morgan fingerprint density at radius 3 is 2.52 bits per heavy atom. The molecule has 2 aliphatic heterocycles. The molecule has 4 rings (SSSR count). The molecule has 0 unspecified atom stereocenters. The molecule has 0 saturated carbocycles. The number of likely N-dealkylation sites (tertiary alicyclic amines) is 1. The fourth-order valence-corrected chi connectivity index (χ4v) is 5.93. The molecule has 1 N–H and O–H groups in total. The highest BCUT2D eigenvalue weighted by Crippen LogP contribution is 2.34. The van der Waals surface area contributed by atoms with Crippen LogP contribution in [0.1, 0.15) is 35.7 Å². The van der Waals surface area contributed by atoms with Crippen molar-refractivity contribution in [2.45, 2.75) is 25.8 Å². The molecule has 1 saturated heterocycles. The van der Waals surface area contributed by atoms with Crippen molar-refractivity contribution in [1.29, 1.82) is 0 Å². The van der Waals surface area contributed by atoms with Gasteiger partial charge in [0, 0.05) is 40.7 Å². The van der Waals surface area contributed by atoms with E-state index in [1.165, 1.54) is 11.3 Å². The number of thiophene rings is 1.